The Kier molecular flexibility index (Phi) is 3.84. The standard InChI is InChI=1S/C15H15ClFN3O/c16-11-9-14(18-10-11)15(21)20-7-5-19(6-8-20)13-3-1-12(17)2-4-13/h1-4,9-10,18H,5-8H2. The van der Waals surface area contributed by atoms with E-state index in [1.54, 1.807) is 29.3 Å². The molecule has 0 atom stereocenters. The molecule has 0 radical (unpaired) electrons. The molecular formula is C15H15ClFN3O. The zero-order valence-corrected chi connectivity index (χ0v) is 12.1. The minimum absolute atomic E-state index is 0.0411. The number of benzene rings is 1. The van der Waals surface area contributed by atoms with Crippen molar-refractivity contribution in [2.24, 2.45) is 0 Å². The molecular weight excluding hydrogens is 293 g/mol. The topological polar surface area (TPSA) is 39.3 Å². The summed E-state index contributed by atoms with van der Waals surface area (Å²) < 4.78 is 12.9. The van der Waals surface area contributed by atoms with Crippen molar-refractivity contribution >= 4 is 23.2 Å². The van der Waals surface area contributed by atoms with Crippen LogP contribution in [0.4, 0.5) is 10.1 Å². The lowest BCUT2D eigenvalue weighted by Gasteiger charge is -2.36. The summed E-state index contributed by atoms with van der Waals surface area (Å²) in [7, 11) is 0. The fourth-order valence-corrected chi connectivity index (χ4v) is 2.65. The Morgan fingerprint density at radius 1 is 1.14 bits per heavy atom. The summed E-state index contributed by atoms with van der Waals surface area (Å²) in [5.41, 5.74) is 1.49. The van der Waals surface area contributed by atoms with Crippen LogP contribution >= 0.6 is 11.6 Å². The van der Waals surface area contributed by atoms with Gasteiger partial charge in [-0.3, -0.25) is 4.79 Å². The molecule has 4 nitrogen and oxygen atoms in total. The fourth-order valence-electron chi connectivity index (χ4n) is 2.48. The van der Waals surface area contributed by atoms with Gasteiger partial charge in [0.2, 0.25) is 0 Å². The van der Waals surface area contributed by atoms with Crippen LogP contribution in [0.5, 0.6) is 0 Å². The molecule has 0 spiro atoms. The molecule has 1 fully saturated rings. The van der Waals surface area contributed by atoms with Crippen molar-refractivity contribution in [3.63, 3.8) is 0 Å². The number of carbonyl (C=O) groups is 1. The van der Waals surface area contributed by atoms with Gasteiger partial charge in [0.05, 0.1) is 5.02 Å². The van der Waals surface area contributed by atoms with E-state index in [9.17, 15) is 9.18 Å². The van der Waals surface area contributed by atoms with Crippen LogP contribution < -0.4 is 4.90 Å². The second-order valence-corrected chi connectivity index (χ2v) is 5.42. The highest BCUT2D eigenvalue weighted by Gasteiger charge is 2.23. The summed E-state index contributed by atoms with van der Waals surface area (Å²) in [5.74, 6) is -0.281. The highest BCUT2D eigenvalue weighted by atomic mass is 35.5. The zero-order chi connectivity index (χ0) is 14.8. The fraction of sp³-hybridized carbons (Fsp3) is 0.267. The molecule has 0 aliphatic carbocycles. The Labute approximate surface area is 127 Å². The molecule has 21 heavy (non-hydrogen) atoms. The minimum Gasteiger partial charge on any atom is -0.368 e. The number of nitrogens with one attached hydrogen (secondary N) is 1. The lowest BCUT2D eigenvalue weighted by molar-refractivity contribution is 0.0741. The van der Waals surface area contributed by atoms with Gasteiger partial charge in [0.15, 0.2) is 0 Å². The summed E-state index contributed by atoms with van der Waals surface area (Å²) in [4.78, 5) is 19.1. The predicted molar refractivity (Wildman–Crippen MR) is 80.3 cm³/mol. The van der Waals surface area contributed by atoms with E-state index in [1.807, 2.05) is 0 Å². The lowest BCUT2D eigenvalue weighted by Crippen LogP contribution is -2.48. The van der Waals surface area contributed by atoms with Gasteiger partial charge >= 0.3 is 0 Å². The molecule has 0 saturated carbocycles. The van der Waals surface area contributed by atoms with Crippen molar-refractivity contribution in [2.45, 2.75) is 0 Å². The number of piperazine rings is 1. The largest absolute Gasteiger partial charge is 0.368 e. The average molecular weight is 308 g/mol. The number of rotatable bonds is 2. The smallest absolute Gasteiger partial charge is 0.270 e. The number of aromatic amines is 1. The van der Waals surface area contributed by atoms with Crippen molar-refractivity contribution in [1.82, 2.24) is 9.88 Å². The van der Waals surface area contributed by atoms with Crippen molar-refractivity contribution in [3.05, 3.63) is 53.1 Å². The number of carbonyl (C=O) groups excluding carboxylic acids is 1. The molecule has 1 aromatic carbocycles. The van der Waals surface area contributed by atoms with Crippen molar-refractivity contribution in [1.29, 1.82) is 0 Å². The zero-order valence-electron chi connectivity index (χ0n) is 11.4. The molecule has 1 N–H and O–H groups in total. The van der Waals surface area contributed by atoms with Gasteiger partial charge in [-0.15, -0.1) is 0 Å². The molecule has 1 aliphatic heterocycles. The highest BCUT2D eigenvalue weighted by molar-refractivity contribution is 6.30. The van der Waals surface area contributed by atoms with E-state index < -0.39 is 0 Å². The van der Waals surface area contributed by atoms with Gasteiger partial charge < -0.3 is 14.8 Å². The van der Waals surface area contributed by atoms with Crippen LogP contribution in [-0.4, -0.2) is 42.0 Å². The third-order valence-corrected chi connectivity index (χ3v) is 3.86. The van der Waals surface area contributed by atoms with Crippen molar-refractivity contribution < 1.29 is 9.18 Å². The molecule has 1 amide bonds. The maximum atomic E-state index is 12.9. The second-order valence-electron chi connectivity index (χ2n) is 4.99. The lowest BCUT2D eigenvalue weighted by atomic mass is 10.2. The third kappa shape index (κ3) is 3.03. The number of amides is 1. The van der Waals surface area contributed by atoms with Gasteiger partial charge in [-0.1, -0.05) is 11.6 Å². The number of halogens is 2. The molecule has 2 heterocycles. The molecule has 0 bridgehead atoms. The Morgan fingerprint density at radius 2 is 1.81 bits per heavy atom. The van der Waals surface area contributed by atoms with Crippen molar-refractivity contribution in [3.8, 4) is 0 Å². The van der Waals surface area contributed by atoms with Gasteiger partial charge in [0, 0.05) is 38.1 Å². The first-order valence-corrected chi connectivity index (χ1v) is 7.15. The number of hydrogen-bond acceptors (Lipinski definition) is 2. The normalized spacial score (nSPS) is 15.3. The van der Waals surface area contributed by atoms with Gasteiger partial charge in [-0.2, -0.15) is 0 Å². The van der Waals surface area contributed by atoms with Gasteiger partial charge in [-0.25, -0.2) is 4.39 Å². The average Bonchev–Trinajstić information content (AvgIpc) is 2.94. The number of H-pyrrole nitrogens is 1. The summed E-state index contributed by atoms with van der Waals surface area (Å²) in [6.45, 7) is 2.72. The molecule has 110 valence electrons. The van der Waals surface area contributed by atoms with Crippen LogP contribution in [0.1, 0.15) is 10.5 Å². The highest BCUT2D eigenvalue weighted by Crippen LogP contribution is 2.18. The van der Waals surface area contributed by atoms with E-state index in [0.29, 0.717) is 23.8 Å². The third-order valence-electron chi connectivity index (χ3n) is 3.64. The van der Waals surface area contributed by atoms with Crippen LogP contribution in [-0.2, 0) is 0 Å². The maximum absolute atomic E-state index is 12.9. The summed E-state index contributed by atoms with van der Waals surface area (Å²) >= 11 is 5.82. The molecule has 1 aliphatic rings. The molecule has 2 aromatic rings. The quantitative estimate of drug-likeness (QED) is 0.926. The van der Waals surface area contributed by atoms with Crippen LogP contribution in [0.15, 0.2) is 36.5 Å². The van der Waals surface area contributed by atoms with Crippen LogP contribution in [0.25, 0.3) is 0 Å². The van der Waals surface area contributed by atoms with E-state index in [0.717, 1.165) is 18.8 Å². The predicted octanol–water partition coefficient (Wildman–Crippen LogP) is 2.77. The SMILES string of the molecule is O=C(c1cc(Cl)c[nH]1)N1CCN(c2ccc(F)cc2)CC1. The molecule has 3 rings (SSSR count). The molecule has 0 unspecified atom stereocenters. The number of anilines is 1. The van der Waals surface area contributed by atoms with E-state index in [4.69, 9.17) is 11.6 Å². The van der Waals surface area contributed by atoms with Crippen LogP contribution in [0, 0.1) is 5.82 Å². The first kappa shape index (κ1) is 13.9. The maximum Gasteiger partial charge on any atom is 0.270 e. The summed E-state index contributed by atoms with van der Waals surface area (Å²) in [6.07, 6.45) is 1.60. The molecule has 6 heteroatoms. The Bertz CT molecular complexity index is 633. The summed E-state index contributed by atoms with van der Waals surface area (Å²) in [5, 5.41) is 0.531. The van der Waals surface area contributed by atoms with Crippen molar-refractivity contribution in [2.75, 3.05) is 31.1 Å². The van der Waals surface area contributed by atoms with Gasteiger partial charge in [-0.05, 0) is 30.3 Å². The van der Waals surface area contributed by atoms with E-state index in [-0.39, 0.29) is 11.7 Å². The van der Waals surface area contributed by atoms with E-state index >= 15 is 0 Å². The Hall–Kier alpha value is -2.01. The van der Waals surface area contributed by atoms with E-state index in [1.165, 1.54) is 12.1 Å². The summed E-state index contributed by atoms with van der Waals surface area (Å²) in [6, 6.07) is 8.06. The number of aromatic nitrogens is 1. The first-order valence-electron chi connectivity index (χ1n) is 6.77. The van der Waals surface area contributed by atoms with Gasteiger partial charge in [0.25, 0.3) is 5.91 Å². The second kappa shape index (κ2) is 5.77. The van der Waals surface area contributed by atoms with Crippen LogP contribution in [0.2, 0.25) is 5.02 Å². The monoisotopic (exact) mass is 307 g/mol. The van der Waals surface area contributed by atoms with Gasteiger partial charge in [0.1, 0.15) is 11.5 Å². The molecule has 1 aromatic heterocycles. The number of hydrogen-bond donors (Lipinski definition) is 1. The first-order chi connectivity index (χ1) is 10.1. The van der Waals surface area contributed by atoms with Crippen LogP contribution in [0.3, 0.4) is 0 Å². The number of nitrogens with zero attached hydrogens (tertiary/aromatic N) is 2. The Balaban J connectivity index is 1.62. The Morgan fingerprint density at radius 3 is 2.38 bits per heavy atom. The van der Waals surface area contributed by atoms with E-state index in [2.05, 4.69) is 9.88 Å². The minimum atomic E-state index is -0.240. The molecule has 1 saturated heterocycles.